The molecule has 0 fully saturated rings. The first-order valence-corrected chi connectivity index (χ1v) is 11.9. The summed E-state index contributed by atoms with van der Waals surface area (Å²) in [5.74, 6) is 1.03. The Morgan fingerprint density at radius 2 is 1.72 bits per heavy atom. The van der Waals surface area contributed by atoms with Crippen LogP contribution in [-0.4, -0.2) is 33.9 Å². The van der Waals surface area contributed by atoms with E-state index in [1.54, 1.807) is 13.2 Å². The maximum Gasteiger partial charge on any atom is 0.180 e. The van der Waals surface area contributed by atoms with E-state index in [0.29, 0.717) is 22.0 Å². The minimum Gasteiger partial charge on any atom is -0.493 e. The lowest BCUT2D eigenvalue weighted by Gasteiger charge is -2.36. The third kappa shape index (κ3) is 4.28. The largest absolute Gasteiger partial charge is 0.493 e. The van der Waals surface area contributed by atoms with Gasteiger partial charge in [-0.3, -0.25) is 5.32 Å². The highest BCUT2D eigenvalue weighted by atomic mass is 32.2. The van der Waals surface area contributed by atoms with Gasteiger partial charge in [-0.05, 0) is 30.0 Å². The number of sulfone groups is 1. The second-order valence-electron chi connectivity index (χ2n) is 7.73. The van der Waals surface area contributed by atoms with Crippen molar-refractivity contribution in [1.29, 1.82) is 0 Å². The topological polar surface area (TPSA) is 64.6 Å². The lowest BCUT2D eigenvalue weighted by molar-refractivity contribution is 0.294. The van der Waals surface area contributed by atoms with Crippen molar-refractivity contribution >= 4 is 9.84 Å². The molecule has 0 aliphatic carbocycles. The fourth-order valence-electron chi connectivity index (χ4n) is 4.19. The summed E-state index contributed by atoms with van der Waals surface area (Å²) in [7, 11) is -0.432. The number of rotatable bonds is 7. The third-order valence-electron chi connectivity index (χ3n) is 5.90. The van der Waals surface area contributed by atoms with Crippen LogP contribution >= 0.6 is 0 Å². The molecule has 3 rings (SSSR count). The molecule has 29 heavy (non-hydrogen) atoms. The number of benzene rings is 2. The fraction of sp³-hybridized carbons (Fsp3) is 0.478. The van der Waals surface area contributed by atoms with Gasteiger partial charge in [0.15, 0.2) is 21.3 Å². The van der Waals surface area contributed by atoms with Crippen molar-refractivity contribution in [1.82, 2.24) is 5.32 Å². The van der Waals surface area contributed by atoms with E-state index in [1.165, 1.54) is 7.11 Å². The summed E-state index contributed by atoms with van der Waals surface area (Å²) in [6.45, 7) is 4.20. The van der Waals surface area contributed by atoms with E-state index >= 15 is 0 Å². The molecule has 0 spiro atoms. The summed E-state index contributed by atoms with van der Waals surface area (Å²) in [5, 5.41) is 3.76. The Kier molecular flexibility index (Phi) is 6.54. The maximum atomic E-state index is 13.5. The molecule has 1 heterocycles. The van der Waals surface area contributed by atoms with Crippen LogP contribution in [0, 0.1) is 0 Å². The van der Waals surface area contributed by atoms with E-state index < -0.39 is 15.4 Å². The first kappa shape index (κ1) is 21.7. The molecular weight excluding hydrogens is 386 g/mol. The lowest BCUT2D eigenvalue weighted by Crippen LogP contribution is -2.50. The standard InChI is InChI=1S/C23H31NO4S/c1-5-7-13-23(6-2)16-29(25,26)21-15-20(28-4)19(27-3)14-18(21)22(24-23)17-11-9-8-10-12-17/h8-12,14-15,22,24H,5-7,13,16H2,1-4H3/t22-,23?/m1/s1. The van der Waals surface area contributed by atoms with Crippen molar-refractivity contribution in [3.63, 3.8) is 0 Å². The molecule has 0 bridgehead atoms. The van der Waals surface area contributed by atoms with Crippen LogP contribution in [0.4, 0.5) is 0 Å². The average Bonchev–Trinajstić information content (AvgIpc) is 2.84. The molecule has 1 unspecified atom stereocenters. The van der Waals surface area contributed by atoms with Gasteiger partial charge < -0.3 is 9.47 Å². The van der Waals surface area contributed by atoms with E-state index in [-0.39, 0.29) is 11.8 Å². The zero-order valence-electron chi connectivity index (χ0n) is 17.7. The van der Waals surface area contributed by atoms with Gasteiger partial charge in [-0.1, -0.05) is 57.0 Å². The Hall–Kier alpha value is -2.05. The number of hydrogen-bond acceptors (Lipinski definition) is 5. The number of hydrogen-bond donors (Lipinski definition) is 1. The predicted molar refractivity (Wildman–Crippen MR) is 116 cm³/mol. The summed E-state index contributed by atoms with van der Waals surface area (Å²) < 4.78 is 38.0. The molecule has 2 aromatic carbocycles. The van der Waals surface area contributed by atoms with E-state index in [4.69, 9.17) is 9.47 Å². The highest BCUT2D eigenvalue weighted by Crippen LogP contribution is 2.42. The molecule has 2 aromatic rings. The summed E-state index contributed by atoms with van der Waals surface area (Å²) in [4.78, 5) is 0.323. The van der Waals surface area contributed by atoms with E-state index in [0.717, 1.165) is 31.2 Å². The van der Waals surface area contributed by atoms with Crippen LogP contribution in [0.2, 0.25) is 0 Å². The van der Waals surface area contributed by atoms with Crippen LogP contribution in [-0.2, 0) is 9.84 Å². The maximum absolute atomic E-state index is 13.5. The Morgan fingerprint density at radius 1 is 1.07 bits per heavy atom. The molecule has 0 radical (unpaired) electrons. The van der Waals surface area contributed by atoms with E-state index in [2.05, 4.69) is 19.2 Å². The first-order chi connectivity index (χ1) is 13.9. The van der Waals surface area contributed by atoms with Crippen molar-refractivity contribution in [2.45, 2.75) is 56.0 Å². The minimum absolute atomic E-state index is 0.0717. The van der Waals surface area contributed by atoms with Crippen LogP contribution in [0.5, 0.6) is 11.5 Å². The average molecular weight is 418 g/mol. The van der Waals surface area contributed by atoms with Crippen molar-refractivity contribution in [2.75, 3.05) is 20.0 Å². The van der Waals surface area contributed by atoms with Crippen LogP contribution in [0.3, 0.4) is 0 Å². The molecule has 0 saturated carbocycles. The van der Waals surface area contributed by atoms with Gasteiger partial charge in [0.05, 0.1) is 30.9 Å². The summed E-state index contributed by atoms with van der Waals surface area (Å²) >= 11 is 0. The van der Waals surface area contributed by atoms with Crippen molar-refractivity contribution < 1.29 is 17.9 Å². The second kappa shape index (κ2) is 8.76. The monoisotopic (exact) mass is 417 g/mol. The van der Waals surface area contributed by atoms with Gasteiger partial charge >= 0.3 is 0 Å². The van der Waals surface area contributed by atoms with E-state index in [1.807, 2.05) is 36.4 Å². The Bertz CT molecular complexity index is 943. The highest BCUT2D eigenvalue weighted by Gasteiger charge is 2.42. The Balaban J connectivity index is 2.27. The van der Waals surface area contributed by atoms with Crippen LogP contribution < -0.4 is 14.8 Å². The van der Waals surface area contributed by atoms with Gasteiger partial charge in [-0.25, -0.2) is 8.42 Å². The lowest BCUT2D eigenvalue weighted by atomic mass is 9.88. The molecule has 5 nitrogen and oxygen atoms in total. The molecule has 158 valence electrons. The van der Waals surface area contributed by atoms with E-state index in [9.17, 15) is 8.42 Å². The summed E-state index contributed by atoms with van der Waals surface area (Å²) in [5.41, 5.74) is 1.25. The molecular formula is C23H31NO4S. The number of ether oxygens (including phenoxy) is 2. The summed E-state index contributed by atoms with van der Waals surface area (Å²) in [6.07, 6.45) is 3.54. The van der Waals surface area contributed by atoms with Crippen LogP contribution in [0.25, 0.3) is 0 Å². The van der Waals surface area contributed by atoms with Crippen molar-refractivity contribution in [2.24, 2.45) is 0 Å². The molecule has 1 aliphatic heterocycles. The zero-order valence-corrected chi connectivity index (χ0v) is 18.5. The molecule has 0 aromatic heterocycles. The number of unbranched alkanes of at least 4 members (excludes halogenated alkanes) is 1. The SMILES string of the molecule is CCCCC1(CC)CS(=O)(=O)c2cc(OC)c(OC)cc2[C@@H](c2ccccc2)N1. The van der Waals surface area contributed by atoms with Gasteiger partial charge in [0.25, 0.3) is 0 Å². The third-order valence-corrected chi connectivity index (χ3v) is 7.85. The van der Waals surface area contributed by atoms with Crippen LogP contribution in [0.15, 0.2) is 47.4 Å². The zero-order chi connectivity index (χ0) is 21.1. The second-order valence-corrected chi connectivity index (χ2v) is 9.69. The fourth-order valence-corrected chi connectivity index (χ4v) is 6.32. The number of fused-ring (bicyclic) bond motifs is 1. The normalized spacial score (nSPS) is 23.1. The number of nitrogens with one attached hydrogen (secondary N) is 1. The minimum atomic E-state index is -3.53. The van der Waals surface area contributed by atoms with Crippen LogP contribution in [0.1, 0.15) is 56.7 Å². The summed E-state index contributed by atoms with van der Waals surface area (Å²) in [6, 6.07) is 13.2. The smallest absolute Gasteiger partial charge is 0.180 e. The molecule has 1 N–H and O–H groups in total. The van der Waals surface area contributed by atoms with Crippen molar-refractivity contribution in [3.8, 4) is 11.5 Å². The quantitative estimate of drug-likeness (QED) is 0.718. The highest BCUT2D eigenvalue weighted by molar-refractivity contribution is 7.91. The number of methoxy groups -OCH3 is 2. The first-order valence-electron chi connectivity index (χ1n) is 10.2. The van der Waals surface area contributed by atoms with Gasteiger partial charge in [0.1, 0.15) is 0 Å². The molecule has 6 heteroatoms. The molecule has 2 atom stereocenters. The van der Waals surface area contributed by atoms with Gasteiger partial charge in [-0.15, -0.1) is 0 Å². The molecule has 1 aliphatic rings. The predicted octanol–water partition coefficient (Wildman–Crippen LogP) is 4.51. The van der Waals surface area contributed by atoms with Crippen molar-refractivity contribution in [3.05, 3.63) is 53.6 Å². The van der Waals surface area contributed by atoms with Gasteiger partial charge in [0.2, 0.25) is 0 Å². The molecule has 0 amide bonds. The Labute approximate surface area is 174 Å². The Morgan fingerprint density at radius 3 is 2.31 bits per heavy atom. The van der Waals surface area contributed by atoms with Gasteiger partial charge in [-0.2, -0.15) is 0 Å². The van der Waals surface area contributed by atoms with Gasteiger partial charge in [0, 0.05) is 11.6 Å². The molecule has 0 saturated heterocycles.